The molecule has 0 aliphatic heterocycles. The maximum Gasteiger partial charge on any atom is 0.330 e. The van der Waals surface area contributed by atoms with Gasteiger partial charge in [-0.1, -0.05) is 13.8 Å². The highest BCUT2D eigenvalue weighted by molar-refractivity contribution is 6.00. The van der Waals surface area contributed by atoms with Crippen LogP contribution in [0.15, 0.2) is 24.3 Å². The molecule has 28 heavy (non-hydrogen) atoms. The highest BCUT2D eigenvalue weighted by Crippen LogP contribution is 2.51. The van der Waals surface area contributed by atoms with E-state index in [0.29, 0.717) is 30.8 Å². The van der Waals surface area contributed by atoms with E-state index in [2.05, 4.69) is 5.32 Å². The van der Waals surface area contributed by atoms with Crippen molar-refractivity contribution >= 4 is 17.8 Å². The van der Waals surface area contributed by atoms with Crippen LogP contribution in [-0.2, 0) is 9.53 Å². The third-order valence-corrected chi connectivity index (χ3v) is 5.90. The van der Waals surface area contributed by atoms with E-state index in [1.54, 1.807) is 43.0 Å². The van der Waals surface area contributed by atoms with E-state index in [9.17, 15) is 19.5 Å². The average Bonchev–Trinajstić information content (AvgIpc) is 2.67. The number of nitrogens with one attached hydrogen (secondary N) is 1. The molecule has 2 unspecified atom stereocenters. The number of carbonyl (C=O) groups is 3. The number of carbonyl (C=O) groups excluding carboxylic acids is 2. The summed E-state index contributed by atoms with van der Waals surface area (Å²) in [6, 6.07) is 6.29. The third-order valence-electron chi connectivity index (χ3n) is 5.90. The van der Waals surface area contributed by atoms with E-state index in [0.717, 1.165) is 0 Å². The predicted octanol–water partition coefficient (Wildman–Crippen LogP) is 2.56. The number of nitrogens with zero attached hydrogens (tertiary/aromatic N) is 1. The fraction of sp³-hybridized carbons (Fsp3) is 0.571. The number of hydrogen-bond donors (Lipinski definition) is 2. The monoisotopic (exact) mass is 390 g/mol. The quantitative estimate of drug-likeness (QED) is 0.711. The minimum absolute atomic E-state index is 0.0985. The van der Waals surface area contributed by atoms with Crippen molar-refractivity contribution in [2.75, 3.05) is 19.7 Å². The lowest BCUT2D eigenvalue weighted by atomic mass is 9.54. The maximum absolute atomic E-state index is 12.7. The molecule has 0 bridgehead atoms. The Morgan fingerprint density at radius 2 is 1.64 bits per heavy atom. The van der Waals surface area contributed by atoms with Gasteiger partial charge in [-0.25, -0.2) is 4.79 Å². The topological polar surface area (TPSA) is 95.9 Å². The van der Waals surface area contributed by atoms with Crippen molar-refractivity contribution in [3.05, 3.63) is 35.4 Å². The zero-order valence-corrected chi connectivity index (χ0v) is 17.2. The number of benzene rings is 1. The molecule has 1 aromatic rings. The lowest BCUT2D eigenvalue weighted by Crippen LogP contribution is -2.76. The molecule has 0 spiro atoms. The lowest BCUT2D eigenvalue weighted by Gasteiger charge is -2.58. The van der Waals surface area contributed by atoms with Crippen molar-refractivity contribution in [2.45, 2.75) is 52.7 Å². The molecule has 1 aromatic carbocycles. The summed E-state index contributed by atoms with van der Waals surface area (Å²) in [4.78, 5) is 38.8. The molecule has 0 aromatic heterocycles. The first-order valence-electron chi connectivity index (χ1n) is 9.71. The van der Waals surface area contributed by atoms with Crippen LogP contribution in [-0.4, -0.2) is 59.1 Å². The molecule has 2 N–H and O–H groups in total. The summed E-state index contributed by atoms with van der Waals surface area (Å²) in [7, 11) is 0. The van der Waals surface area contributed by atoms with Crippen LogP contribution >= 0.6 is 0 Å². The fourth-order valence-electron chi connectivity index (χ4n) is 3.76. The van der Waals surface area contributed by atoms with Gasteiger partial charge < -0.3 is 20.1 Å². The molecule has 2 amide bonds. The van der Waals surface area contributed by atoms with Crippen LogP contribution in [0.4, 0.5) is 0 Å². The number of rotatable bonds is 8. The van der Waals surface area contributed by atoms with Gasteiger partial charge in [-0.2, -0.15) is 0 Å². The van der Waals surface area contributed by atoms with Crippen molar-refractivity contribution in [1.82, 2.24) is 10.2 Å². The number of carboxylic acids is 1. The Morgan fingerprint density at radius 1 is 1.11 bits per heavy atom. The van der Waals surface area contributed by atoms with Crippen LogP contribution < -0.4 is 5.32 Å². The minimum Gasteiger partial charge on any atom is -0.479 e. The van der Waals surface area contributed by atoms with Gasteiger partial charge in [0.15, 0.2) is 0 Å². The maximum atomic E-state index is 12.7. The van der Waals surface area contributed by atoms with Crippen LogP contribution in [0.25, 0.3) is 0 Å². The Morgan fingerprint density at radius 3 is 2.07 bits per heavy atom. The smallest absolute Gasteiger partial charge is 0.330 e. The summed E-state index contributed by atoms with van der Waals surface area (Å²) in [6.07, 6.45) is -0.0176. The van der Waals surface area contributed by atoms with E-state index in [1.165, 1.54) is 0 Å². The summed E-state index contributed by atoms with van der Waals surface area (Å²) in [6.45, 7) is 10.9. The summed E-state index contributed by atoms with van der Waals surface area (Å²) < 4.78 is 5.61. The highest BCUT2D eigenvalue weighted by atomic mass is 16.5. The third kappa shape index (κ3) is 3.63. The zero-order valence-electron chi connectivity index (χ0n) is 17.2. The molecule has 0 heterocycles. The van der Waals surface area contributed by atoms with Crippen LogP contribution in [0.3, 0.4) is 0 Å². The molecule has 1 saturated carbocycles. The van der Waals surface area contributed by atoms with Gasteiger partial charge in [0, 0.05) is 42.7 Å². The largest absolute Gasteiger partial charge is 0.479 e. The summed E-state index contributed by atoms with van der Waals surface area (Å²) in [5, 5.41) is 12.5. The second-order valence-corrected chi connectivity index (χ2v) is 7.59. The van der Waals surface area contributed by atoms with Crippen molar-refractivity contribution in [2.24, 2.45) is 5.41 Å². The van der Waals surface area contributed by atoms with Crippen LogP contribution in [0.2, 0.25) is 0 Å². The van der Waals surface area contributed by atoms with Gasteiger partial charge in [-0.3, -0.25) is 9.59 Å². The first kappa shape index (κ1) is 21.9. The number of aliphatic carboxylic acids is 1. The average molecular weight is 390 g/mol. The Hall–Kier alpha value is -2.41. The molecular weight excluding hydrogens is 360 g/mol. The number of hydrogen-bond acceptors (Lipinski definition) is 4. The van der Waals surface area contributed by atoms with E-state index in [4.69, 9.17) is 4.74 Å². The minimum atomic E-state index is -1.39. The van der Waals surface area contributed by atoms with Gasteiger partial charge >= 0.3 is 5.97 Å². The Balaban J connectivity index is 2.18. The molecule has 7 heteroatoms. The molecular formula is C21H30N2O5. The second kappa shape index (κ2) is 8.31. The molecule has 1 fully saturated rings. The highest BCUT2D eigenvalue weighted by Gasteiger charge is 2.66. The fourth-order valence-corrected chi connectivity index (χ4v) is 3.76. The van der Waals surface area contributed by atoms with Crippen molar-refractivity contribution < 1.29 is 24.2 Å². The molecule has 1 aliphatic rings. The summed E-state index contributed by atoms with van der Waals surface area (Å²) in [5.41, 5.74) is -1.33. The van der Waals surface area contributed by atoms with E-state index in [1.807, 2.05) is 20.8 Å². The van der Waals surface area contributed by atoms with Gasteiger partial charge in [0.1, 0.15) is 5.54 Å². The van der Waals surface area contributed by atoms with Crippen LogP contribution in [0.5, 0.6) is 0 Å². The lowest BCUT2D eigenvalue weighted by molar-refractivity contribution is -0.190. The predicted molar refractivity (Wildman–Crippen MR) is 105 cm³/mol. The first-order chi connectivity index (χ1) is 13.1. The second-order valence-electron chi connectivity index (χ2n) is 7.59. The van der Waals surface area contributed by atoms with E-state index < -0.39 is 22.8 Å². The Bertz CT molecular complexity index is 740. The standard InChI is InChI=1S/C21H30N2O5/c1-6-23(7-2)18(25)15-11-9-14(10-12-15)17(24)22-21(19(26)27)13-16(28-8-3)20(21,4)5/h9-12,16H,6-8,13H2,1-5H3,(H,22,24)(H,26,27). The summed E-state index contributed by atoms with van der Waals surface area (Å²) in [5.74, 6) is -1.65. The van der Waals surface area contributed by atoms with Crippen LogP contribution in [0.1, 0.15) is 61.8 Å². The number of carboxylic acid groups (broad SMARTS) is 1. The molecule has 7 nitrogen and oxygen atoms in total. The molecule has 154 valence electrons. The normalized spacial score (nSPS) is 22.8. The SMILES string of the molecule is CCOC1CC(NC(=O)c2ccc(C(=O)N(CC)CC)cc2)(C(=O)O)C1(C)C. The van der Waals surface area contributed by atoms with Crippen molar-refractivity contribution in [3.8, 4) is 0 Å². The Labute approximate surface area is 166 Å². The van der Waals surface area contributed by atoms with Crippen LogP contribution in [0, 0.1) is 5.41 Å². The van der Waals surface area contributed by atoms with Crippen molar-refractivity contribution in [1.29, 1.82) is 0 Å². The molecule has 0 saturated heterocycles. The molecule has 0 radical (unpaired) electrons. The molecule has 2 rings (SSSR count). The van der Waals surface area contributed by atoms with Gasteiger partial charge in [0.2, 0.25) is 0 Å². The summed E-state index contributed by atoms with van der Waals surface area (Å²) >= 11 is 0. The molecule has 1 aliphatic carbocycles. The molecule has 2 atom stereocenters. The van der Waals surface area contributed by atoms with Gasteiger partial charge in [0.25, 0.3) is 11.8 Å². The van der Waals surface area contributed by atoms with Gasteiger partial charge in [-0.15, -0.1) is 0 Å². The first-order valence-corrected chi connectivity index (χ1v) is 9.71. The van der Waals surface area contributed by atoms with E-state index in [-0.39, 0.29) is 18.4 Å². The van der Waals surface area contributed by atoms with Crippen molar-refractivity contribution in [3.63, 3.8) is 0 Å². The Kier molecular flexibility index (Phi) is 6.49. The number of amides is 2. The van der Waals surface area contributed by atoms with Gasteiger partial charge in [-0.05, 0) is 45.0 Å². The zero-order chi connectivity index (χ0) is 21.1. The van der Waals surface area contributed by atoms with Gasteiger partial charge in [0.05, 0.1) is 6.10 Å². The van der Waals surface area contributed by atoms with E-state index >= 15 is 0 Å². The number of ether oxygens (including phenoxy) is 1.